The van der Waals surface area contributed by atoms with Crippen molar-refractivity contribution in [1.82, 2.24) is 25.1 Å². The highest BCUT2D eigenvalue weighted by molar-refractivity contribution is 5.79. The molecule has 1 atom stereocenters. The number of amides is 1. The lowest BCUT2D eigenvalue weighted by molar-refractivity contribution is -0.125. The van der Waals surface area contributed by atoms with Gasteiger partial charge in [0.15, 0.2) is 5.65 Å². The summed E-state index contributed by atoms with van der Waals surface area (Å²) in [6.45, 7) is 2.00. The van der Waals surface area contributed by atoms with Gasteiger partial charge in [0.25, 0.3) is 0 Å². The molecule has 0 unspecified atom stereocenters. The van der Waals surface area contributed by atoms with Crippen LogP contribution in [0.25, 0.3) is 5.65 Å². The molecule has 3 heterocycles. The standard InChI is InChI=1S/C19H22N6O2/c1-27-16-7-3-2-5-14(16)11-20-19(26)15-6-4-10-24(12-15)18-9-8-17-22-21-13-25(17)23-18/h2-3,5,7-9,13,15H,4,6,10-12H2,1H3,(H,20,26)/t15-/m0/s1. The van der Waals surface area contributed by atoms with Crippen molar-refractivity contribution in [3.63, 3.8) is 0 Å². The second kappa shape index (κ2) is 7.61. The van der Waals surface area contributed by atoms with Gasteiger partial charge in [-0.25, -0.2) is 0 Å². The molecule has 4 rings (SSSR count). The summed E-state index contributed by atoms with van der Waals surface area (Å²) in [5.41, 5.74) is 1.68. The van der Waals surface area contributed by atoms with Gasteiger partial charge in [-0.15, -0.1) is 15.3 Å². The Bertz CT molecular complexity index is 941. The average molecular weight is 366 g/mol. The summed E-state index contributed by atoms with van der Waals surface area (Å²) < 4.78 is 7.00. The molecule has 1 aromatic carbocycles. The van der Waals surface area contributed by atoms with Crippen LogP contribution < -0.4 is 15.0 Å². The summed E-state index contributed by atoms with van der Waals surface area (Å²) in [5.74, 6) is 1.63. The minimum absolute atomic E-state index is 0.0631. The molecule has 2 aromatic heterocycles. The van der Waals surface area contributed by atoms with Crippen LogP contribution in [0.15, 0.2) is 42.7 Å². The molecule has 3 aromatic rings. The number of fused-ring (bicyclic) bond motifs is 1. The van der Waals surface area contributed by atoms with Crippen LogP contribution in [0.2, 0.25) is 0 Å². The number of ether oxygens (including phenoxy) is 1. The molecule has 1 aliphatic rings. The number of hydrogen-bond donors (Lipinski definition) is 1. The molecule has 1 fully saturated rings. The minimum Gasteiger partial charge on any atom is -0.496 e. The van der Waals surface area contributed by atoms with Crippen LogP contribution in [-0.4, -0.2) is 45.9 Å². The number of para-hydroxylation sites is 1. The number of carbonyl (C=O) groups is 1. The van der Waals surface area contributed by atoms with Crippen molar-refractivity contribution in [3.05, 3.63) is 48.3 Å². The fraction of sp³-hybridized carbons (Fsp3) is 0.368. The van der Waals surface area contributed by atoms with Gasteiger partial charge < -0.3 is 15.0 Å². The molecule has 140 valence electrons. The number of benzene rings is 1. The number of anilines is 1. The summed E-state index contributed by atoms with van der Waals surface area (Å²) in [6, 6.07) is 11.5. The van der Waals surface area contributed by atoms with Gasteiger partial charge in [0.05, 0.1) is 13.0 Å². The van der Waals surface area contributed by atoms with Gasteiger partial charge >= 0.3 is 0 Å². The largest absolute Gasteiger partial charge is 0.496 e. The summed E-state index contributed by atoms with van der Waals surface area (Å²) in [5, 5.41) is 15.4. The Hall–Kier alpha value is -3.16. The second-order valence-electron chi connectivity index (χ2n) is 6.64. The highest BCUT2D eigenvalue weighted by atomic mass is 16.5. The van der Waals surface area contributed by atoms with E-state index in [-0.39, 0.29) is 11.8 Å². The maximum atomic E-state index is 12.7. The summed E-state index contributed by atoms with van der Waals surface area (Å²) in [4.78, 5) is 14.8. The Morgan fingerprint density at radius 2 is 2.19 bits per heavy atom. The van der Waals surface area contributed by atoms with Gasteiger partial charge in [-0.2, -0.15) is 4.52 Å². The van der Waals surface area contributed by atoms with E-state index in [0.717, 1.165) is 36.5 Å². The van der Waals surface area contributed by atoms with Crippen molar-refractivity contribution >= 4 is 17.4 Å². The molecule has 1 N–H and O–H groups in total. The van der Waals surface area contributed by atoms with E-state index in [1.54, 1.807) is 18.0 Å². The van der Waals surface area contributed by atoms with E-state index in [1.165, 1.54) is 0 Å². The molecule has 0 aliphatic carbocycles. The first-order valence-electron chi connectivity index (χ1n) is 9.06. The molecule has 0 spiro atoms. The lowest BCUT2D eigenvalue weighted by atomic mass is 9.97. The Kier molecular flexibility index (Phi) is 4.86. The van der Waals surface area contributed by atoms with E-state index in [4.69, 9.17) is 4.74 Å². The van der Waals surface area contributed by atoms with Crippen molar-refractivity contribution in [2.75, 3.05) is 25.1 Å². The van der Waals surface area contributed by atoms with E-state index in [0.29, 0.717) is 18.7 Å². The monoisotopic (exact) mass is 366 g/mol. The number of aromatic nitrogens is 4. The molecule has 1 saturated heterocycles. The van der Waals surface area contributed by atoms with Crippen molar-refractivity contribution in [2.24, 2.45) is 5.92 Å². The van der Waals surface area contributed by atoms with E-state index < -0.39 is 0 Å². The van der Waals surface area contributed by atoms with Crippen LogP contribution in [0.1, 0.15) is 18.4 Å². The Morgan fingerprint density at radius 1 is 1.30 bits per heavy atom. The third kappa shape index (κ3) is 3.69. The smallest absolute Gasteiger partial charge is 0.225 e. The highest BCUT2D eigenvalue weighted by Gasteiger charge is 2.26. The van der Waals surface area contributed by atoms with Crippen LogP contribution in [0.4, 0.5) is 5.82 Å². The number of piperidine rings is 1. The van der Waals surface area contributed by atoms with Crippen molar-refractivity contribution < 1.29 is 9.53 Å². The molecule has 0 bridgehead atoms. The molecular formula is C19H22N6O2. The summed E-state index contributed by atoms with van der Waals surface area (Å²) in [6.07, 6.45) is 3.41. The van der Waals surface area contributed by atoms with Crippen LogP contribution in [-0.2, 0) is 11.3 Å². The maximum absolute atomic E-state index is 12.7. The third-order valence-corrected chi connectivity index (χ3v) is 4.91. The number of nitrogens with one attached hydrogen (secondary N) is 1. The third-order valence-electron chi connectivity index (χ3n) is 4.91. The SMILES string of the molecule is COc1ccccc1CNC(=O)[C@H]1CCCN(c2ccc3nncn3n2)C1. The number of rotatable bonds is 5. The first-order chi connectivity index (χ1) is 13.2. The first kappa shape index (κ1) is 17.3. The van der Waals surface area contributed by atoms with Gasteiger partial charge in [-0.3, -0.25) is 4.79 Å². The lowest BCUT2D eigenvalue weighted by Gasteiger charge is -2.32. The van der Waals surface area contributed by atoms with E-state index in [1.807, 2.05) is 36.4 Å². The zero-order chi connectivity index (χ0) is 18.6. The Balaban J connectivity index is 1.40. The molecule has 1 aliphatic heterocycles. The van der Waals surface area contributed by atoms with Gasteiger partial charge in [-0.05, 0) is 31.0 Å². The average Bonchev–Trinajstić information content (AvgIpc) is 3.20. The molecule has 0 radical (unpaired) electrons. The number of hydrogen-bond acceptors (Lipinski definition) is 6. The van der Waals surface area contributed by atoms with Gasteiger partial charge in [0.2, 0.25) is 5.91 Å². The van der Waals surface area contributed by atoms with Crippen LogP contribution in [0.3, 0.4) is 0 Å². The Labute approximate surface area is 157 Å². The molecule has 1 amide bonds. The van der Waals surface area contributed by atoms with E-state index in [9.17, 15) is 4.79 Å². The fourth-order valence-corrected chi connectivity index (χ4v) is 3.46. The van der Waals surface area contributed by atoms with E-state index in [2.05, 4.69) is 25.5 Å². The summed E-state index contributed by atoms with van der Waals surface area (Å²) in [7, 11) is 1.64. The van der Waals surface area contributed by atoms with Gasteiger partial charge in [0, 0.05) is 25.2 Å². The van der Waals surface area contributed by atoms with Crippen LogP contribution in [0.5, 0.6) is 5.75 Å². The van der Waals surface area contributed by atoms with Crippen LogP contribution in [0, 0.1) is 5.92 Å². The predicted molar refractivity (Wildman–Crippen MR) is 101 cm³/mol. The van der Waals surface area contributed by atoms with Crippen molar-refractivity contribution in [1.29, 1.82) is 0 Å². The molecule has 8 nitrogen and oxygen atoms in total. The topological polar surface area (TPSA) is 84.6 Å². The van der Waals surface area contributed by atoms with Gasteiger partial charge in [-0.1, -0.05) is 18.2 Å². The number of carbonyl (C=O) groups excluding carboxylic acids is 1. The normalized spacial score (nSPS) is 17.1. The maximum Gasteiger partial charge on any atom is 0.225 e. The Morgan fingerprint density at radius 3 is 3.07 bits per heavy atom. The predicted octanol–water partition coefficient (Wildman–Crippen LogP) is 1.67. The van der Waals surface area contributed by atoms with Crippen molar-refractivity contribution in [2.45, 2.75) is 19.4 Å². The molecular weight excluding hydrogens is 344 g/mol. The zero-order valence-corrected chi connectivity index (χ0v) is 15.2. The zero-order valence-electron chi connectivity index (χ0n) is 15.2. The van der Waals surface area contributed by atoms with E-state index >= 15 is 0 Å². The lowest BCUT2D eigenvalue weighted by Crippen LogP contribution is -2.43. The fourth-order valence-electron chi connectivity index (χ4n) is 3.46. The number of methoxy groups -OCH3 is 1. The molecule has 27 heavy (non-hydrogen) atoms. The van der Waals surface area contributed by atoms with Crippen LogP contribution >= 0.6 is 0 Å². The second-order valence-corrected chi connectivity index (χ2v) is 6.64. The highest BCUT2D eigenvalue weighted by Crippen LogP contribution is 2.22. The molecule has 0 saturated carbocycles. The molecule has 8 heteroatoms. The van der Waals surface area contributed by atoms with Crippen molar-refractivity contribution in [3.8, 4) is 5.75 Å². The quantitative estimate of drug-likeness (QED) is 0.739. The summed E-state index contributed by atoms with van der Waals surface area (Å²) >= 11 is 0. The minimum atomic E-state index is -0.0631. The number of nitrogens with zero attached hydrogens (tertiary/aromatic N) is 5. The first-order valence-corrected chi connectivity index (χ1v) is 9.06. The van der Waals surface area contributed by atoms with Gasteiger partial charge in [0.1, 0.15) is 17.9 Å².